The van der Waals surface area contributed by atoms with Crippen LogP contribution in [0.1, 0.15) is 22.8 Å². The van der Waals surface area contributed by atoms with Crippen LogP contribution >= 0.6 is 0 Å². The highest BCUT2D eigenvalue weighted by Crippen LogP contribution is 2.28. The normalized spacial score (nSPS) is 9.23. The Kier molecular flexibility index (Phi) is 2.20. The number of hydrogen-bond donors (Lipinski definition) is 2. The topological polar surface area (TPSA) is 87.1 Å². The number of phenols is 1. The first kappa shape index (κ1) is 9.07. The molecule has 0 spiro atoms. The first-order chi connectivity index (χ1) is 6.07. The molecule has 0 aliphatic rings. The number of Topliss-reactive ketones (excluding diaryl/α,β-unsaturated/α-hetero) is 1. The first-order valence-corrected chi connectivity index (χ1v) is 3.60. The molecule has 0 saturated heterocycles. The van der Waals surface area contributed by atoms with Gasteiger partial charge in [0.1, 0.15) is 6.07 Å². The molecule has 0 radical (unpaired) electrons. The first-order valence-electron chi connectivity index (χ1n) is 3.60. The monoisotopic (exact) mass is 176 g/mol. The molecule has 0 fully saturated rings. The lowest BCUT2D eigenvalue weighted by Gasteiger charge is -2.04. The molecule has 4 nitrogen and oxygen atoms in total. The SMILES string of the molecule is CC(=O)c1ccc(C#N)c(O)c1N. The van der Waals surface area contributed by atoms with Crippen LogP contribution in [0.5, 0.6) is 5.75 Å². The number of hydrogen-bond acceptors (Lipinski definition) is 4. The summed E-state index contributed by atoms with van der Waals surface area (Å²) in [4.78, 5) is 10.9. The van der Waals surface area contributed by atoms with E-state index in [0.29, 0.717) is 0 Å². The van der Waals surface area contributed by atoms with Crippen molar-refractivity contribution in [1.29, 1.82) is 5.26 Å². The van der Waals surface area contributed by atoms with Gasteiger partial charge in [0.05, 0.1) is 11.3 Å². The van der Waals surface area contributed by atoms with Crippen LogP contribution in [0.3, 0.4) is 0 Å². The van der Waals surface area contributed by atoms with Gasteiger partial charge < -0.3 is 10.8 Å². The van der Waals surface area contributed by atoms with Gasteiger partial charge >= 0.3 is 0 Å². The number of carbonyl (C=O) groups excluding carboxylic acids is 1. The van der Waals surface area contributed by atoms with E-state index in [1.54, 1.807) is 6.07 Å². The number of ketones is 1. The van der Waals surface area contributed by atoms with Crippen LogP contribution < -0.4 is 5.73 Å². The summed E-state index contributed by atoms with van der Waals surface area (Å²) in [6.07, 6.45) is 0. The molecule has 66 valence electrons. The molecule has 0 unspecified atom stereocenters. The van der Waals surface area contributed by atoms with Crippen molar-refractivity contribution in [2.75, 3.05) is 5.73 Å². The molecule has 1 rings (SSSR count). The second-order valence-electron chi connectivity index (χ2n) is 2.59. The van der Waals surface area contributed by atoms with Gasteiger partial charge in [-0.05, 0) is 19.1 Å². The fraction of sp³-hybridized carbons (Fsp3) is 0.111. The maximum absolute atomic E-state index is 10.9. The van der Waals surface area contributed by atoms with E-state index in [4.69, 9.17) is 11.0 Å². The van der Waals surface area contributed by atoms with Crippen LogP contribution in [-0.2, 0) is 0 Å². The molecule has 0 saturated carbocycles. The summed E-state index contributed by atoms with van der Waals surface area (Å²) in [7, 11) is 0. The van der Waals surface area contributed by atoms with Crippen molar-refractivity contribution in [3.63, 3.8) is 0 Å². The molecule has 4 heteroatoms. The van der Waals surface area contributed by atoms with E-state index in [-0.39, 0.29) is 28.3 Å². The Morgan fingerprint density at radius 1 is 1.62 bits per heavy atom. The van der Waals surface area contributed by atoms with Crippen LogP contribution in [0.15, 0.2) is 12.1 Å². The summed E-state index contributed by atoms with van der Waals surface area (Å²) in [5.41, 5.74) is 5.71. The number of nitriles is 1. The fourth-order valence-electron chi connectivity index (χ4n) is 1.01. The van der Waals surface area contributed by atoms with Gasteiger partial charge in [-0.1, -0.05) is 0 Å². The minimum atomic E-state index is -0.324. The number of aromatic hydroxyl groups is 1. The van der Waals surface area contributed by atoms with E-state index < -0.39 is 0 Å². The van der Waals surface area contributed by atoms with Gasteiger partial charge in [0.2, 0.25) is 0 Å². The summed E-state index contributed by atoms with van der Waals surface area (Å²) in [5.74, 6) is -0.563. The highest BCUT2D eigenvalue weighted by molar-refractivity contribution is 6.00. The van der Waals surface area contributed by atoms with Crippen molar-refractivity contribution in [2.24, 2.45) is 0 Å². The average molecular weight is 176 g/mol. The number of nitrogens with two attached hydrogens (primary N) is 1. The van der Waals surface area contributed by atoms with Crippen LogP contribution in [0, 0.1) is 11.3 Å². The molecule has 0 aliphatic heterocycles. The Morgan fingerprint density at radius 3 is 2.69 bits per heavy atom. The molecule has 13 heavy (non-hydrogen) atoms. The Bertz CT molecular complexity index is 405. The van der Waals surface area contributed by atoms with Crippen molar-refractivity contribution in [1.82, 2.24) is 0 Å². The third kappa shape index (κ3) is 1.44. The van der Waals surface area contributed by atoms with Crippen molar-refractivity contribution >= 4 is 11.5 Å². The number of phenolic OH excluding ortho intramolecular Hbond substituents is 1. The van der Waals surface area contributed by atoms with Gasteiger partial charge in [-0.2, -0.15) is 5.26 Å². The van der Waals surface area contributed by atoms with Gasteiger partial charge in [-0.25, -0.2) is 0 Å². The van der Waals surface area contributed by atoms with E-state index in [9.17, 15) is 9.90 Å². The number of carbonyl (C=O) groups is 1. The standard InChI is InChI=1S/C9H8N2O2/c1-5(12)7-3-2-6(4-10)9(13)8(7)11/h2-3,13H,11H2,1H3. The zero-order valence-electron chi connectivity index (χ0n) is 7.03. The summed E-state index contributed by atoms with van der Waals surface area (Å²) in [6, 6.07) is 4.55. The zero-order valence-corrected chi connectivity index (χ0v) is 7.03. The molecule has 0 amide bonds. The Balaban J connectivity index is 3.42. The predicted molar refractivity (Wildman–Crippen MR) is 47.2 cm³/mol. The second-order valence-corrected chi connectivity index (χ2v) is 2.59. The van der Waals surface area contributed by atoms with E-state index in [0.717, 1.165) is 0 Å². The van der Waals surface area contributed by atoms with Crippen molar-refractivity contribution in [2.45, 2.75) is 6.92 Å². The Morgan fingerprint density at radius 2 is 2.23 bits per heavy atom. The average Bonchev–Trinajstić information content (AvgIpc) is 2.09. The minimum Gasteiger partial charge on any atom is -0.504 e. The quantitative estimate of drug-likeness (QED) is 0.380. The molecule has 0 heterocycles. The third-order valence-electron chi connectivity index (χ3n) is 1.72. The van der Waals surface area contributed by atoms with Crippen LogP contribution in [0.2, 0.25) is 0 Å². The molecule has 0 aromatic heterocycles. The van der Waals surface area contributed by atoms with Crippen molar-refractivity contribution in [3.8, 4) is 11.8 Å². The van der Waals surface area contributed by atoms with Crippen LogP contribution in [0.4, 0.5) is 5.69 Å². The van der Waals surface area contributed by atoms with Gasteiger partial charge in [0.25, 0.3) is 0 Å². The smallest absolute Gasteiger partial charge is 0.162 e. The maximum Gasteiger partial charge on any atom is 0.162 e. The Hall–Kier alpha value is -2.02. The fourth-order valence-corrected chi connectivity index (χ4v) is 1.01. The lowest BCUT2D eigenvalue weighted by atomic mass is 10.1. The van der Waals surface area contributed by atoms with Crippen LogP contribution in [-0.4, -0.2) is 10.9 Å². The molecule has 0 aliphatic carbocycles. The lowest BCUT2D eigenvalue weighted by molar-refractivity contribution is 0.101. The van der Waals surface area contributed by atoms with Crippen molar-refractivity contribution < 1.29 is 9.90 Å². The number of nitrogen functional groups attached to an aromatic ring is 1. The van der Waals surface area contributed by atoms with Crippen molar-refractivity contribution in [3.05, 3.63) is 23.3 Å². The van der Waals surface area contributed by atoms with Gasteiger partial charge in [0, 0.05) is 5.56 Å². The highest BCUT2D eigenvalue weighted by Gasteiger charge is 2.11. The number of anilines is 1. The lowest BCUT2D eigenvalue weighted by Crippen LogP contribution is -2.00. The largest absolute Gasteiger partial charge is 0.504 e. The predicted octanol–water partition coefficient (Wildman–Crippen LogP) is 1.05. The zero-order chi connectivity index (χ0) is 10.0. The van der Waals surface area contributed by atoms with Crippen LogP contribution in [0.25, 0.3) is 0 Å². The van der Waals surface area contributed by atoms with Gasteiger partial charge in [-0.15, -0.1) is 0 Å². The van der Waals surface area contributed by atoms with E-state index in [1.807, 2.05) is 0 Å². The second kappa shape index (κ2) is 3.15. The number of nitrogens with zero attached hydrogens (tertiary/aromatic N) is 1. The molecule has 0 bridgehead atoms. The minimum absolute atomic E-state index is 0.0356. The highest BCUT2D eigenvalue weighted by atomic mass is 16.3. The van der Waals surface area contributed by atoms with E-state index >= 15 is 0 Å². The summed E-state index contributed by atoms with van der Waals surface area (Å²) < 4.78 is 0. The van der Waals surface area contributed by atoms with Gasteiger partial charge in [0.15, 0.2) is 11.5 Å². The molecule has 1 aromatic carbocycles. The number of benzene rings is 1. The summed E-state index contributed by atoms with van der Waals surface area (Å²) >= 11 is 0. The van der Waals surface area contributed by atoms with Gasteiger partial charge in [-0.3, -0.25) is 4.79 Å². The summed E-state index contributed by atoms with van der Waals surface area (Å²) in [5, 5.41) is 17.8. The maximum atomic E-state index is 10.9. The van der Waals surface area contributed by atoms with E-state index in [2.05, 4.69) is 0 Å². The summed E-state index contributed by atoms with van der Waals surface area (Å²) in [6.45, 7) is 1.34. The third-order valence-corrected chi connectivity index (χ3v) is 1.72. The Labute approximate surface area is 75.2 Å². The molecule has 0 atom stereocenters. The van der Waals surface area contributed by atoms with E-state index in [1.165, 1.54) is 19.1 Å². The molecular weight excluding hydrogens is 168 g/mol. The molecule has 1 aromatic rings. The molecular formula is C9H8N2O2. The number of rotatable bonds is 1. The molecule has 3 N–H and O–H groups in total.